The molecule has 0 atom stereocenters. The summed E-state index contributed by atoms with van der Waals surface area (Å²) in [5, 5.41) is 12.3. The van der Waals surface area contributed by atoms with Gasteiger partial charge in [0.1, 0.15) is 5.75 Å². The molecule has 0 aromatic heterocycles. The largest absolute Gasteiger partial charge is 0.507 e. The number of benzene rings is 2. The molecule has 1 N–H and O–H groups in total. The van der Waals surface area contributed by atoms with Crippen molar-refractivity contribution in [1.29, 1.82) is 0 Å². The summed E-state index contributed by atoms with van der Waals surface area (Å²) in [4.78, 5) is 4.64. The van der Waals surface area contributed by atoms with Crippen molar-refractivity contribution in [3.05, 3.63) is 42.0 Å². The fourth-order valence-corrected chi connectivity index (χ4v) is 2.79. The Bertz CT molecular complexity index is 597. The van der Waals surface area contributed by atoms with Gasteiger partial charge in [-0.1, -0.05) is 49.6 Å². The van der Waals surface area contributed by atoms with Crippen molar-refractivity contribution < 1.29 is 5.11 Å². The molecule has 2 heteroatoms. The maximum atomic E-state index is 10.3. The Hall–Kier alpha value is -1.83. The lowest BCUT2D eigenvalue weighted by Crippen LogP contribution is -2.09. The number of aromatic hydroxyl groups is 1. The molecule has 0 amide bonds. The van der Waals surface area contributed by atoms with Gasteiger partial charge in [-0.2, -0.15) is 0 Å². The minimum atomic E-state index is 0.345. The molecule has 0 aliphatic heterocycles. The minimum absolute atomic E-state index is 0.345. The lowest BCUT2D eigenvalue weighted by atomic mass is 9.96. The first kappa shape index (κ1) is 12.2. The molecule has 1 saturated carbocycles. The molecule has 0 heterocycles. The molecule has 0 radical (unpaired) electrons. The van der Waals surface area contributed by atoms with E-state index in [0.29, 0.717) is 11.8 Å². The summed E-state index contributed by atoms with van der Waals surface area (Å²) in [5.74, 6) is 0.345. The van der Waals surface area contributed by atoms with Gasteiger partial charge in [0.25, 0.3) is 0 Å². The lowest BCUT2D eigenvalue weighted by molar-refractivity contribution is 0.444. The number of fused-ring (bicyclic) bond motifs is 1. The summed E-state index contributed by atoms with van der Waals surface area (Å²) in [6, 6.07) is 12.3. The maximum absolute atomic E-state index is 10.3. The number of hydrogen-bond donors (Lipinski definition) is 1. The SMILES string of the molecule is Oc1c(C=NC2CCCCC2)ccc2ccccc12. The van der Waals surface area contributed by atoms with Crippen LogP contribution in [0.1, 0.15) is 37.7 Å². The van der Waals surface area contributed by atoms with E-state index in [2.05, 4.69) is 4.99 Å². The highest BCUT2D eigenvalue weighted by atomic mass is 16.3. The van der Waals surface area contributed by atoms with Gasteiger partial charge in [0.05, 0.1) is 0 Å². The monoisotopic (exact) mass is 253 g/mol. The van der Waals surface area contributed by atoms with Crippen molar-refractivity contribution >= 4 is 17.0 Å². The molecule has 1 fully saturated rings. The highest BCUT2D eigenvalue weighted by Crippen LogP contribution is 2.28. The van der Waals surface area contributed by atoms with Crippen molar-refractivity contribution in [2.24, 2.45) is 4.99 Å². The van der Waals surface area contributed by atoms with Crippen LogP contribution in [0, 0.1) is 0 Å². The Balaban J connectivity index is 1.88. The van der Waals surface area contributed by atoms with Crippen LogP contribution in [0.15, 0.2) is 41.4 Å². The highest BCUT2D eigenvalue weighted by molar-refractivity contribution is 5.97. The standard InChI is InChI=1S/C17H19NO/c19-17-14(12-18-15-7-2-1-3-8-15)11-10-13-6-4-5-9-16(13)17/h4-6,9-12,15,19H,1-3,7-8H2. The van der Waals surface area contributed by atoms with E-state index in [0.717, 1.165) is 16.3 Å². The van der Waals surface area contributed by atoms with E-state index in [1.807, 2.05) is 42.6 Å². The van der Waals surface area contributed by atoms with Crippen molar-refractivity contribution in [3.8, 4) is 5.75 Å². The Morgan fingerprint density at radius 2 is 1.79 bits per heavy atom. The van der Waals surface area contributed by atoms with Gasteiger partial charge in [0, 0.05) is 23.2 Å². The molecule has 2 nitrogen and oxygen atoms in total. The second-order valence-corrected chi connectivity index (χ2v) is 5.29. The summed E-state index contributed by atoms with van der Waals surface area (Å²) in [6.45, 7) is 0. The predicted molar refractivity (Wildman–Crippen MR) is 80.1 cm³/mol. The molecule has 98 valence electrons. The number of rotatable bonds is 2. The van der Waals surface area contributed by atoms with Crippen LogP contribution < -0.4 is 0 Å². The molecule has 3 rings (SSSR count). The molecule has 0 spiro atoms. The van der Waals surface area contributed by atoms with Crippen LogP contribution in [-0.4, -0.2) is 17.4 Å². The average molecular weight is 253 g/mol. The first-order valence-corrected chi connectivity index (χ1v) is 7.08. The zero-order valence-corrected chi connectivity index (χ0v) is 11.0. The first-order valence-electron chi connectivity index (χ1n) is 7.08. The minimum Gasteiger partial charge on any atom is -0.507 e. The van der Waals surface area contributed by atoms with Crippen LogP contribution in [0.5, 0.6) is 5.75 Å². The van der Waals surface area contributed by atoms with Crippen LogP contribution in [-0.2, 0) is 0 Å². The third-order valence-corrected chi connectivity index (χ3v) is 3.93. The summed E-state index contributed by atoms with van der Waals surface area (Å²) in [5.41, 5.74) is 0.823. The zero-order valence-electron chi connectivity index (χ0n) is 11.0. The van der Waals surface area contributed by atoms with E-state index in [1.54, 1.807) is 0 Å². The lowest BCUT2D eigenvalue weighted by Gasteiger charge is -2.17. The van der Waals surface area contributed by atoms with E-state index in [9.17, 15) is 5.11 Å². The van der Waals surface area contributed by atoms with Crippen LogP contribution in [0.2, 0.25) is 0 Å². The molecule has 0 saturated heterocycles. The molecule has 1 aliphatic carbocycles. The third kappa shape index (κ3) is 2.62. The Morgan fingerprint density at radius 3 is 2.63 bits per heavy atom. The van der Waals surface area contributed by atoms with Gasteiger partial charge in [-0.15, -0.1) is 0 Å². The molecule has 1 aliphatic rings. The van der Waals surface area contributed by atoms with Gasteiger partial charge >= 0.3 is 0 Å². The predicted octanol–water partition coefficient (Wildman–Crippen LogP) is 4.30. The maximum Gasteiger partial charge on any atom is 0.132 e. The molecule has 19 heavy (non-hydrogen) atoms. The van der Waals surface area contributed by atoms with Crippen molar-refractivity contribution in [2.75, 3.05) is 0 Å². The normalized spacial score (nSPS) is 17.3. The van der Waals surface area contributed by atoms with E-state index in [4.69, 9.17) is 0 Å². The molecule has 0 unspecified atom stereocenters. The number of nitrogens with zero attached hydrogens (tertiary/aromatic N) is 1. The van der Waals surface area contributed by atoms with Crippen LogP contribution in [0.3, 0.4) is 0 Å². The number of hydrogen-bond acceptors (Lipinski definition) is 2. The number of aliphatic imine (C=N–C) groups is 1. The summed E-state index contributed by atoms with van der Waals surface area (Å²) in [6.07, 6.45) is 8.12. The van der Waals surface area contributed by atoms with E-state index < -0.39 is 0 Å². The zero-order chi connectivity index (χ0) is 13.1. The molecule has 2 aromatic rings. The first-order chi connectivity index (χ1) is 9.34. The van der Waals surface area contributed by atoms with Gasteiger partial charge in [0.15, 0.2) is 0 Å². The molecular formula is C17H19NO. The number of phenolic OH excluding ortho intramolecular Hbond substituents is 1. The second kappa shape index (κ2) is 5.43. The van der Waals surface area contributed by atoms with Crippen LogP contribution in [0.4, 0.5) is 0 Å². The fraction of sp³-hybridized carbons (Fsp3) is 0.353. The van der Waals surface area contributed by atoms with Crippen molar-refractivity contribution in [1.82, 2.24) is 0 Å². The van der Waals surface area contributed by atoms with E-state index in [-0.39, 0.29) is 0 Å². The Labute approximate surface area is 113 Å². The van der Waals surface area contributed by atoms with Gasteiger partial charge in [0.2, 0.25) is 0 Å². The van der Waals surface area contributed by atoms with Gasteiger partial charge in [-0.3, -0.25) is 4.99 Å². The topological polar surface area (TPSA) is 32.6 Å². The van der Waals surface area contributed by atoms with Gasteiger partial charge < -0.3 is 5.11 Å². The smallest absolute Gasteiger partial charge is 0.132 e. The summed E-state index contributed by atoms with van der Waals surface area (Å²) < 4.78 is 0. The van der Waals surface area contributed by atoms with Gasteiger partial charge in [-0.25, -0.2) is 0 Å². The Kier molecular flexibility index (Phi) is 3.49. The second-order valence-electron chi connectivity index (χ2n) is 5.29. The Morgan fingerprint density at radius 1 is 1.00 bits per heavy atom. The molecular weight excluding hydrogens is 234 g/mol. The van der Waals surface area contributed by atoms with Crippen LogP contribution in [0.25, 0.3) is 10.8 Å². The highest BCUT2D eigenvalue weighted by Gasteiger charge is 2.11. The third-order valence-electron chi connectivity index (χ3n) is 3.93. The van der Waals surface area contributed by atoms with E-state index >= 15 is 0 Å². The quantitative estimate of drug-likeness (QED) is 0.795. The summed E-state index contributed by atoms with van der Waals surface area (Å²) >= 11 is 0. The van der Waals surface area contributed by atoms with Crippen molar-refractivity contribution in [3.63, 3.8) is 0 Å². The fourth-order valence-electron chi connectivity index (χ4n) is 2.79. The van der Waals surface area contributed by atoms with Gasteiger partial charge in [-0.05, 0) is 24.3 Å². The average Bonchev–Trinajstić information content (AvgIpc) is 2.48. The molecule has 0 bridgehead atoms. The van der Waals surface area contributed by atoms with Crippen LogP contribution >= 0.6 is 0 Å². The number of phenols is 1. The summed E-state index contributed by atoms with van der Waals surface area (Å²) in [7, 11) is 0. The molecule has 2 aromatic carbocycles. The van der Waals surface area contributed by atoms with E-state index in [1.165, 1.54) is 32.1 Å². The van der Waals surface area contributed by atoms with Crippen molar-refractivity contribution in [2.45, 2.75) is 38.1 Å².